The van der Waals surface area contributed by atoms with Gasteiger partial charge in [-0.15, -0.1) is 0 Å². The zero-order chi connectivity index (χ0) is 13.5. The monoisotopic (exact) mass is 254 g/mol. The lowest BCUT2D eigenvalue weighted by Gasteiger charge is -2.10. The van der Waals surface area contributed by atoms with Crippen LogP contribution < -0.4 is 10.1 Å². The summed E-state index contributed by atoms with van der Waals surface area (Å²) in [5.74, 6) is 0.239. The molecular formula is C11H14N2O5. The van der Waals surface area contributed by atoms with E-state index < -0.39 is 11.0 Å². The summed E-state index contributed by atoms with van der Waals surface area (Å²) in [6, 6.07) is 5.25. The quantitative estimate of drug-likeness (QED) is 0.638. The van der Waals surface area contributed by atoms with Gasteiger partial charge in [0.1, 0.15) is 5.75 Å². The molecule has 1 aromatic carbocycles. The van der Waals surface area contributed by atoms with Gasteiger partial charge in [-0.3, -0.25) is 10.1 Å². The molecule has 98 valence electrons. The van der Waals surface area contributed by atoms with E-state index in [4.69, 9.17) is 9.47 Å². The summed E-state index contributed by atoms with van der Waals surface area (Å²) in [6.07, 6.45) is -0.748. The van der Waals surface area contributed by atoms with E-state index in [0.717, 1.165) is 0 Å². The van der Waals surface area contributed by atoms with Crippen LogP contribution in [0.25, 0.3) is 0 Å². The SMILES string of the molecule is COC(C)CNC(=O)Oc1ccc([N+](=O)[O-])cc1. The average molecular weight is 254 g/mol. The Morgan fingerprint density at radius 2 is 2.06 bits per heavy atom. The van der Waals surface area contributed by atoms with Gasteiger partial charge in [-0.1, -0.05) is 0 Å². The van der Waals surface area contributed by atoms with Crippen LogP contribution >= 0.6 is 0 Å². The summed E-state index contributed by atoms with van der Waals surface area (Å²) < 4.78 is 9.86. The number of methoxy groups -OCH3 is 1. The lowest BCUT2D eigenvalue weighted by Crippen LogP contribution is -2.33. The first kappa shape index (κ1) is 13.9. The maximum atomic E-state index is 11.3. The Morgan fingerprint density at radius 3 is 2.56 bits per heavy atom. The Balaban J connectivity index is 2.47. The Hall–Kier alpha value is -2.15. The van der Waals surface area contributed by atoms with Gasteiger partial charge in [-0.05, 0) is 19.1 Å². The van der Waals surface area contributed by atoms with Crippen molar-refractivity contribution in [2.24, 2.45) is 0 Å². The van der Waals surface area contributed by atoms with Crippen molar-refractivity contribution in [3.05, 3.63) is 34.4 Å². The lowest BCUT2D eigenvalue weighted by atomic mass is 10.3. The van der Waals surface area contributed by atoms with Gasteiger partial charge in [-0.25, -0.2) is 4.79 Å². The molecule has 0 saturated carbocycles. The van der Waals surface area contributed by atoms with Crippen LogP contribution in [0.4, 0.5) is 10.5 Å². The fraction of sp³-hybridized carbons (Fsp3) is 0.364. The molecule has 7 heteroatoms. The van der Waals surface area contributed by atoms with E-state index >= 15 is 0 Å². The molecule has 0 aliphatic carbocycles. The zero-order valence-corrected chi connectivity index (χ0v) is 10.1. The summed E-state index contributed by atoms with van der Waals surface area (Å²) >= 11 is 0. The topological polar surface area (TPSA) is 90.7 Å². The molecule has 0 aromatic heterocycles. The molecule has 0 radical (unpaired) electrons. The predicted octanol–water partition coefficient (Wildman–Crippen LogP) is 1.72. The molecular weight excluding hydrogens is 240 g/mol. The summed E-state index contributed by atoms with van der Waals surface area (Å²) in [7, 11) is 1.54. The normalized spacial score (nSPS) is 11.7. The number of ether oxygens (including phenoxy) is 2. The maximum absolute atomic E-state index is 11.3. The fourth-order valence-corrected chi connectivity index (χ4v) is 1.09. The summed E-state index contributed by atoms with van der Waals surface area (Å²) in [6.45, 7) is 2.12. The highest BCUT2D eigenvalue weighted by Gasteiger charge is 2.08. The molecule has 18 heavy (non-hydrogen) atoms. The zero-order valence-electron chi connectivity index (χ0n) is 10.1. The number of non-ortho nitro benzene ring substituents is 1. The number of nitrogens with zero attached hydrogens (tertiary/aromatic N) is 1. The molecule has 1 atom stereocenters. The molecule has 1 N–H and O–H groups in total. The number of hydrogen-bond donors (Lipinski definition) is 1. The van der Waals surface area contributed by atoms with Gasteiger partial charge < -0.3 is 14.8 Å². The Kier molecular flexibility index (Phi) is 5.06. The molecule has 7 nitrogen and oxygen atoms in total. The van der Waals surface area contributed by atoms with Crippen LogP contribution in [-0.4, -0.2) is 30.8 Å². The van der Waals surface area contributed by atoms with Gasteiger partial charge in [0.15, 0.2) is 0 Å². The third-order valence-corrected chi connectivity index (χ3v) is 2.19. The van der Waals surface area contributed by atoms with E-state index in [1.165, 1.54) is 31.4 Å². The largest absolute Gasteiger partial charge is 0.412 e. The number of hydrogen-bond acceptors (Lipinski definition) is 5. The van der Waals surface area contributed by atoms with Crippen LogP contribution in [0.5, 0.6) is 5.75 Å². The van der Waals surface area contributed by atoms with Crippen molar-refractivity contribution in [3.8, 4) is 5.75 Å². The molecule has 1 unspecified atom stereocenters. The first-order chi connectivity index (χ1) is 8.52. The highest BCUT2D eigenvalue weighted by atomic mass is 16.6. The minimum atomic E-state index is -0.632. The van der Waals surface area contributed by atoms with Crippen LogP contribution in [-0.2, 0) is 4.74 Å². The van der Waals surface area contributed by atoms with Crippen molar-refractivity contribution in [1.29, 1.82) is 0 Å². The second-order valence-electron chi connectivity index (χ2n) is 3.57. The molecule has 1 rings (SSSR count). The average Bonchev–Trinajstić information content (AvgIpc) is 2.36. The minimum Gasteiger partial charge on any atom is -0.410 e. The number of benzene rings is 1. The predicted molar refractivity (Wildman–Crippen MR) is 63.6 cm³/mol. The number of carbonyl (C=O) groups excluding carboxylic acids is 1. The van der Waals surface area contributed by atoms with E-state index in [1.54, 1.807) is 6.92 Å². The molecule has 1 amide bonds. The molecule has 0 saturated heterocycles. The van der Waals surface area contributed by atoms with Crippen molar-refractivity contribution in [2.45, 2.75) is 13.0 Å². The van der Waals surface area contributed by atoms with Gasteiger partial charge in [0.2, 0.25) is 0 Å². The third-order valence-electron chi connectivity index (χ3n) is 2.19. The molecule has 0 fully saturated rings. The lowest BCUT2D eigenvalue weighted by molar-refractivity contribution is -0.384. The molecule has 0 aliphatic rings. The van der Waals surface area contributed by atoms with Crippen LogP contribution in [0.15, 0.2) is 24.3 Å². The van der Waals surface area contributed by atoms with Crippen molar-refractivity contribution in [2.75, 3.05) is 13.7 Å². The van der Waals surface area contributed by atoms with Gasteiger partial charge >= 0.3 is 6.09 Å². The number of nitro benzene ring substituents is 1. The Bertz CT molecular complexity index is 418. The first-order valence-corrected chi connectivity index (χ1v) is 5.26. The van der Waals surface area contributed by atoms with E-state index in [0.29, 0.717) is 6.54 Å². The number of carbonyl (C=O) groups is 1. The van der Waals surface area contributed by atoms with Crippen LogP contribution in [0.3, 0.4) is 0 Å². The minimum absolute atomic E-state index is 0.0595. The molecule has 0 spiro atoms. The Morgan fingerprint density at radius 1 is 1.44 bits per heavy atom. The smallest absolute Gasteiger partial charge is 0.410 e. The second-order valence-corrected chi connectivity index (χ2v) is 3.57. The van der Waals surface area contributed by atoms with Crippen molar-refractivity contribution in [1.82, 2.24) is 5.32 Å². The number of rotatable bonds is 5. The van der Waals surface area contributed by atoms with Gasteiger partial charge in [0.25, 0.3) is 5.69 Å². The number of nitro groups is 1. The molecule has 0 heterocycles. The molecule has 1 aromatic rings. The first-order valence-electron chi connectivity index (χ1n) is 5.26. The van der Waals surface area contributed by atoms with Gasteiger partial charge in [-0.2, -0.15) is 0 Å². The number of nitrogens with one attached hydrogen (secondary N) is 1. The van der Waals surface area contributed by atoms with Crippen LogP contribution in [0.1, 0.15) is 6.92 Å². The highest BCUT2D eigenvalue weighted by Crippen LogP contribution is 2.17. The Labute approximate surface area is 104 Å². The van der Waals surface area contributed by atoms with E-state index in [2.05, 4.69) is 5.32 Å². The standard InChI is InChI=1S/C11H14N2O5/c1-8(17-2)7-12-11(14)18-10-5-3-9(4-6-10)13(15)16/h3-6,8H,7H2,1-2H3,(H,12,14). The summed E-state index contributed by atoms with van der Waals surface area (Å²) in [5, 5.41) is 12.9. The van der Waals surface area contributed by atoms with Crippen molar-refractivity contribution in [3.63, 3.8) is 0 Å². The van der Waals surface area contributed by atoms with Crippen molar-refractivity contribution >= 4 is 11.8 Å². The van der Waals surface area contributed by atoms with E-state index in [1.807, 2.05) is 0 Å². The molecule has 0 aliphatic heterocycles. The number of amides is 1. The highest BCUT2D eigenvalue weighted by molar-refractivity contribution is 5.70. The van der Waals surface area contributed by atoms with E-state index in [-0.39, 0.29) is 17.5 Å². The van der Waals surface area contributed by atoms with Crippen molar-refractivity contribution < 1.29 is 19.2 Å². The van der Waals surface area contributed by atoms with E-state index in [9.17, 15) is 14.9 Å². The fourth-order valence-electron chi connectivity index (χ4n) is 1.09. The summed E-state index contributed by atoms with van der Waals surface area (Å²) in [4.78, 5) is 21.2. The van der Waals surface area contributed by atoms with Crippen LogP contribution in [0.2, 0.25) is 0 Å². The van der Waals surface area contributed by atoms with Gasteiger partial charge in [0.05, 0.1) is 11.0 Å². The maximum Gasteiger partial charge on any atom is 0.412 e. The van der Waals surface area contributed by atoms with Gasteiger partial charge in [0, 0.05) is 25.8 Å². The third kappa shape index (κ3) is 4.38. The second kappa shape index (κ2) is 6.55. The molecule has 0 bridgehead atoms. The van der Waals surface area contributed by atoms with Crippen LogP contribution in [0, 0.1) is 10.1 Å². The summed E-state index contributed by atoms with van der Waals surface area (Å²) in [5.41, 5.74) is -0.0595.